The van der Waals surface area contributed by atoms with Gasteiger partial charge in [-0.2, -0.15) is 0 Å². The van der Waals surface area contributed by atoms with E-state index in [1.165, 1.54) is 0 Å². The second-order valence-electron chi connectivity index (χ2n) is 6.04. The molecule has 0 aliphatic carbocycles. The lowest BCUT2D eigenvalue weighted by Gasteiger charge is -2.23. The van der Waals surface area contributed by atoms with Crippen LogP contribution in [-0.2, 0) is 11.3 Å². The van der Waals surface area contributed by atoms with Gasteiger partial charge in [0, 0.05) is 22.9 Å². The van der Waals surface area contributed by atoms with Crippen LogP contribution in [-0.4, -0.2) is 12.5 Å². The Hall–Kier alpha value is -2.62. The summed E-state index contributed by atoms with van der Waals surface area (Å²) in [6, 6.07) is 25.2. The summed E-state index contributed by atoms with van der Waals surface area (Å²) in [7, 11) is 0. The van der Waals surface area contributed by atoms with Gasteiger partial charge in [0.25, 0.3) is 0 Å². The number of carbonyl (C=O) groups excluding carboxylic acids is 1. The van der Waals surface area contributed by atoms with E-state index in [4.69, 9.17) is 11.6 Å². The van der Waals surface area contributed by atoms with Gasteiger partial charge in [0.2, 0.25) is 5.91 Å². The summed E-state index contributed by atoms with van der Waals surface area (Å²) in [5.41, 5.74) is 3.83. The number of anilines is 2. The molecule has 0 unspecified atom stereocenters. The summed E-state index contributed by atoms with van der Waals surface area (Å²) in [4.78, 5) is 14.7. The summed E-state index contributed by atoms with van der Waals surface area (Å²) < 4.78 is 0. The van der Waals surface area contributed by atoms with E-state index < -0.39 is 0 Å². The average molecular weight is 365 g/mol. The molecule has 0 aliphatic heterocycles. The van der Waals surface area contributed by atoms with E-state index in [9.17, 15) is 4.79 Å². The molecule has 0 saturated heterocycles. The van der Waals surface area contributed by atoms with Crippen LogP contribution in [0.3, 0.4) is 0 Å². The van der Waals surface area contributed by atoms with Gasteiger partial charge >= 0.3 is 0 Å². The van der Waals surface area contributed by atoms with Gasteiger partial charge in [-0.3, -0.25) is 9.69 Å². The Morgan fingerprint density at radius 2 is 1.46 bits per heavy atom. The SMILES string of the molecule is Cc1cccc(Cl)c1CNCC(=O)N(c1ccccc1)c1ccccc1. The Morgan fingerprint density at radius 3 is 2.00 bits per heavy atom. The monoisotopic (exact) mass is 364 g/mol. The third kappa shape index (κ3) is 4.31. The molecule has 1 amide bonds. The normalized spacial score (nSPS) is 10.5. The molecule has 4 heteroatoms. The van der Waals surface area contributed by atoms with Crippen LogP contribution in [0.15, 0.2) is 78.9 Å². The molecule has 0 spiro atoms. The molecule has 0 aliphatic rings. The molecule has 3 aromatic rings. The summed E-state index contributed by atoms with van der Waals surface area (Å²) in [6.45, 7) is 2.79. The third-order valence-electron chi connectivity index (χ3n) is 4.21. The zero-order chi connectivity index (χ0) is 18.4. The number of rotatable bonds is 6. The summed E-state index contributed by atoms with van der Waals surface area (Å²) >= 11 is 6.26. The zero-order valence-corrected chi connectivity index (χ0v) is 15.4. The fraction of sp³-hybridized carbons (Fsp3) is 0.136. The summed E-state index contributed by atoms with van der Waals surface area (Å²) in [6.07, 6.45) is 0. The van der Waals surface area contributed by atoms with Crippen LogP contribution in [0.4, 0.5) is 11.4 Å². The number of hydrogen-bond acceptors (Lipinski definition) is 2. The van der Waals surface area contributed by atoms with E-state index in [2.05, 4.69) is 5.32 Å². The van der Waals surface area contributed by atoms with Crippen molar-refractivity contribution in [2.24, 2.45) is 0 Å². The van der Waals surface area contributed by atoms with Crippen LogP contribution in [0.1, 0.15) is 11.1 Å². The number of halogens is 1. The number of nitrogens with one attached hydrogen (secondary N) is 1. The summed E-state index contributed by atoms with van der Waals surface area (Å²) in [5.74, 6) is -0.0212. The van der Waals surface area contributed by atoms with Crippen molar-refractivity contribution in [3.8, 4) is 0 Å². The van der Waals surface area contributed by atoms with Crippen molar-refractivity contribution in [3.05, 3.63) is 95.0 Å². The van der Waals surface area contributed by atoms with Crippen LogP contribution in [0, 0.1) is 6.92 Å². The Bertz CT molecular complexity index is 806. The number of amides is 1. The number of nitrogens with zero attached hydrogens (tertiary/aromatic N) is 1. The largest absolute Gasteiger partial charge is 0.304 e. The van der Waals surface area contributed by atoms with Gasteiger partial charge in [-0.15, -0.1) is 0 Å². The first kappa shape index (κ1) is 18.2. The van der Waals surface area contributed by atoms with Gasteiger partial charge in [0.1, 0.15) is 0 Å². The predicted molar refractivity (Wildman–Crippen MR) is 108 cm³/mol. The van der Waals surface area contributed by atoms with Gasteiger partial charge in [-0.25, -0.2) is 0 Å². The Morgan fingerprint density at radius 1 is 0.885 bits per heavy atom. The zero-order valence-electron chi connectivity index (χ0n) is 14.7. The fourth-order valence-corrected chi connectivity index (χ4v) is 3.14. The molecule has 0 atom stereocenters. The van der Waals surface area contributed by atoms with Gasteiger partial charge in [-0.05, 0) is 48.4 Å². The number of benzene rings is 3. The van der Waals surface area contributed by atoms with Crippen LogP contribution in [0.25, 0.3) is 0 Å². The molecule has 132 valence electrons. The van der Waals surface area contributed by atoms with Crippen molar-refractivity contribution < 1.29 is 4.79 Å². The van der Waals surface area contributed by atoms with Crippen LogP contribution in [0.5, 0.6) is 0 Å². The predicted octanol–water partition coefficient (Wildman–Crippen LogP) is 5.10. The maximum absolute atomic E-state index is 12.9. The van der Waals surface area contributed by atoms with Crippen molar-refractivity contribution in [1.29, 1.82) is 0 Å². The molecule has 26 heavy (non-hydrogen) atoms. The van der Waals surface area contributed by atoms with E-state index in [1.807, 2.05) is 85.8 Å². The third-order valence-corrected chi connectivity index (χ3v) is 4.56. The molecule has 3 rings (SSSR count). The second-order valence-corrected chi connectivity index (χ2v) is 6.45. The summed E-state index contributed by atoms with van der Waals surface area (Å²) in [5, 5.41) is 3.94. The smallest absolute Gasteiger partial charge is 0.245 e. The van der Waals surface area contributed by atoms with Crippen LogP contribution < -0.4 is 10.2 Å². The second kappa shape index (κ2) is 8.65. The van der Waals surface area contributed by atoms with Crippen molar-refractivity contribution in [1.82, 2.24) is 5.32 Å². The van der Waals surface area contributed by atoms with Crippen LogP contribution in [0.2, 0.25) is 5.02 Å². The van der Waals surface area contributed by atoms with Gasteiger partial charge in [-0.1, -0.05) is 60.1 Å². The van der Waals surface area contributed by atoms with Crippen molar-refractivity contribution >= 4 is 28.9 Å². The van der Waals surface area contributed by atoms with E-state index in [0.29, 0.717) is 11.6 Å². The molecule has 0 fully saturated rings. The highest BCUT2D eigenvalue weighted by molar-refractivity contribution is 6.31. The lowest BCUT2D eigenvalue weighted by atomic mass is 10.1. The molecule has 0 radical (unpaired) electrons. The average Bonchev–Trinajstić information content (AvgIpc) is 2.66. The highest BCUT2D eigenvalue weighted by atomic mass is 35.5. The molecule has 0 heterocycles. The van der Waals surface area contributed by atoms with Gasteiger partial charge in [0.15, 0.2) is 0 Å². The van der Waals surface area contributed by atoms with Gasteiger partial charge in [0.05, 0.1) is 6.54 Å². The Labute approximate surface area is 159 Å². The molecular formula is C22H21ClN2O. The van der Waals surface area contributed by atoms with Gasteiger partial charge < -0.3 is 5.32 Å². The topological polar surface area (TPSA) is 32.3 Å². The van der Waals surface area contributed by atoms with E-state index in [-0.39, 0.29) is 12.5 Å². The molecule has 3 aromatic carbocycles. The fourth-order valence-electron chi connectivity index (χ4n) is 2.86. The van der Waals surface area contributed by atoms with E-state index in [1.54, 1.807) is 4.90 Å². The molecular weight excluding hydrogens is 344 g/mol. The highest BCUT2D eigenvalue weighted by Gasteiger charge is 2.17. The highest BCUT2D eigenvalue weighted by Crippen LogP contribution is 2.25. The minimum absolute atomic E-state index is 0.0212. The van der Waals surface area contributed by atoms with Crippen molar-refractivity contribution in [2.45, 2.75) is 13.5 Å². The quantitative estimate of drug-likeness (QED) is 0.659. The standard InChI is InChI=1S/C22H21ClN2O/c1-17-9-8-14-21(23)20(17)15-24-16-22(26)25(18-10-4-2-5-11-18)19-12-6-3-7-13-19/h2-14,24H,15-16H2,1H3. The molecule has 0 aromatic heterocycles. The van der Waals surface area contributed by atoms with E-state index in [0.717, 1.165) is 22.5 Å². The van der Waals surface area contributed by atoms with Crippen molar-refractivity contribution in [3.63, 3.8) is 0 Å². The van der Waals surface area contributed by atoms with Crippen molar-refractivity contribution in [2.75, 3.05) is 11.4 Å². The van der Waals surface area contributed by atoms with E-state index >= 15 is 0 Å². The Balaban J connectivity index is 1.74. The van der Waals surface area contributed by atoms with Crippen LogP contribution >= 0.6 is 11.6 Å². The molecule has 3 nitrogen and oxygen atoms in total. The lowest BCUT2D eigenvalue weighted by Crippen LogP contribution is -2.35. The Kier molecular flexibility index (Phi) is 6.05. The number of aryl methyl sites for hydroxylation is 1. The maximum Gasteiger partial charge on any atom is 0.245 e. The maximum atomic E-state index is 12.9. The molecule has 0 saturated carbocycles. The number of carbonyl (C=O) groups is 1. The molecule has 0 bridgehead atoms. The minimum atomic E-state index is -0.0212. The number of para-hydroxylation sites is 2. The first-order valence-corrected chi connectivity index (χ1v) is 8.92. The minimum Gasteiger partial charge on any atom is -0.304 e. The lowest BCUT2D eigenvalue weighted by molar-refractivity contribution is -0.117. The first-order chi connectivity index (χ1) is 12.7. The first-order valence-electron chi connectivity index (χ1n) is 8.54. The molecule has 1 N–H and O–H groups in total. The number of hydrogen-bond donors (Lipinski definition) is 1.